The molecule has 12 heteroatoms. The summed E-state index contributed by atoms with van der Waals surface area (Å²) in [7, 11) is -3.89. The van der Waals surface area contributed by atoms with E-state index in [-0.39, 0.29) is 18.2 Å². The van der Waals surface area contributed by atoms with Crippen LogP contribution in [0.15, 0.2) is 58.5 Å². The molecule has 0 aromatic heterocycles. The summed E-state index contributed by atoms with van der Waals surface area (Å²) < 4.78 is 66.0. The molecule has 0 spiro atoms. The maximum atomic E-state index is 12.7. The molecule has 32 heavy (non-hydrogen) atoms. The summed E-state index contributed by atoms with van der Waals surface area (Å²) in [5.74, 6) is -0.0961. The zero-order valence-electron chi connectivity index (χ0n) is 16.8. The average Bonchev–Trinajstić information content (AvgIpc) is 3.16. The number of carbonyl (C=O) groups is 1. The van der Waals surface area contributed by atoms with E-state index < -0.39 is 26.3 Å². The van der Waals surface area contributed by atoms with Gasteiger partial charge in [-0.15, -0.1) is 0 Å². The van der Waals surface area contributed by atoms with Gasteiger partial charge in [0.2, 0.25) is 0 Å². The molecule has 1 unspecified atom stereocenters. The Hall–Kier alpha value is -2.63. The highest BCUT2D eigenvalue weighted by Gasteiger charge is 2.46. The summed E-state index contributed by atoms with van der Waals surface area (Å²) >= 11 is 5.94. The van der Waals surface area contributed by atoms with E-state index >= 15 is 0 Å². The largest absolute Gasteiger partial charge is 0.501 e. The number of halogens is 4. The number of ether oxygens (including phenoxy) is 1. The lowest BCUT2D eigenvalue weighted by Crippen LogP contribution is -2.31. The number of methoxy groups -OCH3 is 1. The van der Waals surface area contributed by atoms with Gasteiger partial charge in [-0.2, -0.15) is 18.3 Å². The summed E-state index contributed by atoms with van der Waals surface area (Å²) in [5.41, 5.74) is -3.80. The lowest BCUT2D eigenvalue weighted by atomic mass is 9.95. The van der Waals surface area contributed by atoms with Gasteiger partial charge >= 0.3 is 11.5 Å². The Morgan fingerprint density at radius 2 is 1.81 bits per heavy atom. The minimum Gasteiger partial charge on any atom is -0.385 e. The number of alkyl halides is 3. The van der Waals surface area contributed by atoms with Crippen molar-refractivity contribution in [3.63, 3.8) is 0 Å². The number of sulfone groups is 1. The van der Waals surface area contributed by atoms with Gasteiger partial charge in [0.05, 0.1) is 17.2 Å². The Kier molecular flexibility index (Phi) is 7.11. The predicted molar refractivity (Wildman–Crippen MR) is 113 cm³/mol. The fourth-order valence-electron chi connectivity index (χ4n) is 3.12. The van der Waals surface area contributed by atoms with Crippen LogP contribution in [0.1, 0.15) is 12.0 Å². The van der Waals surface area contributed by atoms with E-state index in [1.54, 1.807) is 31.4 Å². The van der Waals surface area contributed by atoms with Crippen molar-refractivity contribution in [1.82, 2.24) is 5.01 Å². The topological polar surface area (TPSA) is 88.1 Å². The van der Waals surface area contributed by atoms with Gasteiger partial charge in [-0.25, -0.2) is 18.2 Å². The first-order chi connectivity index (χ1) is 15.0. The number of carbonyl (C=O) groups excluding carboxylic acids is 1. The van der Waals surface area contributed by atoms with Crippen LogP contribution in [0.25, 0.3) is 0 Å². The smallest absolute Gasteiger partial charge is 0.385 e. The van der Waals surface area contributed by atoms with Crippen LogP contribution in [0.5, 0.6) is 0 Å². The second kappa shape index (κ2) is 9.47. The van der Waals surface area contributed by atoms with Gasteiger partial charge in [-0.3, -0.25) is 0 Å². The molecule has 1 aliphatic heterocycles. The van der Waals surface area contributed by atoms with Crippen molar-refractivity contribution >= 4 is 38.9 Å². The summed E-state index contributed by atoms with van der Waals surface area (Å²) in [4.78, 5) is 11.8. The van der Waals surface area contributed by atoms with Crippen molar-refractivity contribution in [2.24, 2.45) is 11.0 Å². The molecule has 1 atom stereocenters. The molecule has 0 radical (unpaired) electrons. The Morgan fingerprint density at radius 1 is 1.19 bits per heavy atom. The minimum atomic E-state index is -5.46. The quantitative estimate of drug-likeness (QED) is 0.645. The van der Waals surface area contributed by atoms with Crippen molar-refractivity contribution < 1.29 is 31.1 Å². The number of benzene rings is 2. The normalized spacial score (nSPS) is 16.7. The summed E-state index contributed by atoms with van der Waals surface area (Å²) in [6, 6.07) is 10.1. The second-order valence-electron chi connectivity index (χ2n) is 6.96. The number of rotatable bonds is 6. The van der Waals surface area contributed by atoms with E-state index in [4.69, 9.17) is 16.3 Å². The lowest BCUT2D eigenvalue weighted by molar-refractivity contribution is -0.0436. The zero-order valence-corrected chi connectivity index (χ0v) is 18.3. The Balaban J connectivity index is 1.76. The first kappa shape index (κ1) is 24.0. The highest BCUT2D eigenvalue weighted by atomic mass is 35.5. The van der Waals surface area contributed by atoms with E-state index in [0.717, 1.165) is 29.8 Å². The highest BCUT2D eigenvalue weighted by Crippen LogP contribution is 2.31. The van der Waals surface area contributed by atoms with E-state index in [0.29, 0.717) is 23.8 Å². The molecule has 0 saturated carbocycles. The molecule has 3 rings (SSSR count). The van der Waals surface area contributed by atoms with E-state index in [9.17, 15) is 26.4 Å². The molecule has 2 amide bonds. The number of hydrazone groups is 1. The van der Waals surface area contributed by atoms with Crippen LogP contribution < -0.4 is 5.32 Å². The van der Waals surface area contributed by atoms with E-state index in [2.05, 4.69) is 10.4 Å². The van der Waals surface area contributed by atoms with Crippen LogP contribution in [0.3, 0.4) is 0 Å². The Labute approximate surface area is 187 Å². The third-order valence-electron chi connectivity index (χ3n) is 4.77. The SMILES string of the molecule is COCCC1CN(C(=O)Nc2ccc(S(=O)(=O)C(F)(F)F)cc2)N=C1c1ccc(Cl)cc1. The predicted octanol–water partition coefficient (Wildman–Crippen LogP) is 4.54. The fourth-order valence-corrected chi connectivity index (χ4v) is 4.00. The van der Waals surface area contributed by atoms with Crippen LogP contribution in [0.2, 0.25) is 5.02 Å². The van der Waals surface area contributed by atoms with Crippen LogP contribution in [0.4, 0.5) is 23.7 Å². The number of hydrogen-bond acceptors (Lipinski definition) is 5. The number of hydrogen-bond donors (Lipinski definition) is 1. The zero-order chi connectivity index (χ0) is 23.5. The third-order valence-corrected chi connectivity index (χ3v) is 6.53. The number of nitrogens with zero attached hydrogens (tertiary/aromatic N) is 2. The molecule has 0 bridgehead atoms. The molecule has 2 aromatic carbocycles. The van der Waals surface area contributed by atoms with Crippen molar-refractivity contribution in [2.75, 3.05) is 25.6 Å². The van der Waals surface area contributed by atoms with Gasteiger partial charge in [-0.1, -0.05) is 23.7 Å². The summed E-state index contributed by atoms with van der Waals surface area (Å²) in [6.07, 6.45) is 0.617. The first-order valence-electron chi connectivity index (χ1n) is 9.36. The summed E-state index contributed by atoms with van der Waals surface area (Å²) in [5, 5.41) is 8.69. The maximum Gasteiger partial charge on any atom is 0.501 e. The molecule has 0 fully saturated rings. The third kappa shape index (κ3) is 5.22. The first-order valence-corrected chi connectivity index (χ1v) is 11.2. The van der Waals surface area contributed by atoms with Crippen molar-refractivity contribution in [1.29, 1.82) is 0 Å². The molecule has 0 saturated heterocycles. The van der Waals surface area contributed by atoms with E-state index in [1.165, 1.54) is 5.01 Å². The van der Waals surface area contributed by atoms with Gasteiger partial charge < -0.3 is 10.1 Å². The molecule has 2 aromatic rings. The molecule has 1 N–H and O–H groups in total. The van der Waals surface area contributed by atoms with Gasteiger partial charge in [0.1, 0.15) is 0 Å². The minimum absolute atomic E-state index is 0.0961. The van der Waals surface area contributed by atoms with Gasteiger partial charge in [-0.05, 0) is 48.4 Å². The van der Waals surface area contributed by atoms with Gasteiger partial charge in [0, 0.05) is 30.3 Å². The second-order valence-corrected chi connectivity index (χ2v) is 9.33. The van der Waals surface area contributed by atoms with Crippen LogP contribution in [0, 0.1) is 5.92 Å². The van der Waals surface area contributed by atoms with Crippen LogP contribution >= 0.6 is 11.6 Å². The number of amides is 2. The Bertz CT molecular complexity index is 1100. The average molecular weight is 490 g/mol. The number of urea groups is 1. The van der Waals surface area contributed by atoms with Crippen molar-refractivity contribution in [3.05, 3.63) is 59.1 Å². The van der Waals surface area contributed by atoms with Gasteiger partial charge in [0.25, 0.3) is 9.84 Å². The molecule has 7 nitrogen and oxygen atoms in total. The number of nitrogens with one attached hydrogen (secondary N) is 1. The van der Waals surface area contributed by atoms with Crippen molar-refractivity contribution in [3.8, 4) is 0 Å². The molecular weight excluding hydrogens is 471 g/mol. The fraction of sp³-hybridized carbons (Fsp3) is 0.300. The lowest BCUT2D eigenvalue weighted by Gasteiger charge is -2.15. The molecule has 1 heterocycles. The number of anilines is 1. The molecular formula is C20H19ClF3N3O4S. The van der Waals surface area contributed by atoms with E-state index in [1.807, 2.05) is 0 Å². The van der Waals surface area contributed by atoms with Gasteiger partial charge in [0.15, 0.2) is 0 Å². The molecule has 0 aliphatic carbocycles. The summed E-state index contributed by atoms with van der Waals surface area (Å²) in [6.45, 7) is 0.732. The van der Waals surface area contributed by atoms with Crippen LogP contribution in [-0.4, -0.2) is 50.9 Å². The van der Waals surface area contributed by atoms with Crippen LogP contribution in [-0.2, 0) is 14.6 Å². The standard InChI is InChI=1S/C20H19ClF3N3O4S/c1-31-11-10-14-12-27(26-18(14)13-2-4-15(21)5-3-13)19(28)25-16-6-8-17(9-7-16)32(29,30)20(22,23)24/h2-9,14H,10-12H2,1H3,(H,25,28). The molecule has 1 aliphatic rings. The maximum absolute atomic E-state index is 12.7. The Morgan fingerprint density at radius 3 is 2.38 bits per heavy atom. The van der Waals surface area contributed by atoms with Crippen molar-refractivity contribution in [2.45, 2.75) is 16.8 Å². The monoisotopic (exact) mass is 489 g/mol. The highest BCUT2D eigenvalue weighted by molar-refractivity contribution is 7.92. The molecule has 172 valence electrons.